The van der Waals surface area contributed by atoms with Gasteiger partial charge in [0.05, 0.1) is 13.7 Å². The van der Waals surface area contributed by atoms with E-state index >= 15 is 0 Å². The lowest BCUT2D eigenvalue weighted by Gasteiger charge is -2.07. The molecule has 2 rings (SSSR count). The number of carbonyl (C=O) groups is 1. The Kier molecular flexibility index (Phi) is 6.44. The number of carbonyl (C=O) groups excluding carboxylic acids is 1. The Hall–Kier alpha value is -2.97. The van der Waals surface area contributed by atoms with Gasteiger partial charge in [-0.1, -0.05) is 11.6 Å². The minimum atomic E-state index is -0.509. The van der Waals surface area contributed by atoms with Gasteiger partial charge in [0.1, 0.15) is 23.1 Å². The van der Waals surface area contributed by atoms with Crippen molar-refractivity contribution in [1.29, 1.82) is 5.26 Å². The van der Waals surface area contributed by atoms with Gasteiger partial charge >= 0.3 is 0 Å². The SMILES string of the molecule is CCOc1ccc(NC(=O)/C(C#N)=C/c2cc(Cl)cc(OC)c2)cc1. The second kappa shape index (κ2) is 8.76. The first-order chi connectivity index (χ1) is 12.0. The summed E-state index contributed by atoms with van der Waals surface area (Å²) < 4.78 is 10.5. The van der Waals surface area contributed by atoms with Gasteiger partial charge in [-0.25, -0.2) is 0 Å². The molecule has 0 aliphatic carbocycles. The van der Waals surface area contributed by atoms with E-state index in [1.807, 2.05) is 13.0 Å². The zero-order chi connectivity index (χ0) is 18.2. The van der Waals surface area contributed by atoms with E-state index in [0.29, 0.717) is 34.4 Å². The van der Waals surface area contributed by atoms with Gasteiger partial charge in [0.2, 0.25) is 0 Å². The normalized spacial score (nSPS) is 10.7. The third-order valence-electron chi connectivity index (χ3n) is 3.23. The highest BCUT2D eigenvalue weighted by Crippen LogP contribution is 2.23. The van der Waals surface area contributed by atoms with Crippen molar-refractivity contribution in [2.24, 2.45) is 0 Å². The average Bonchev–Trinajstić information content (AvgIpc) is 2.61. The van der Waals surface area contributed by atoms with Crippen molar-refractivity contribution < 1.29 is 14.3 Å². The van der Waals surface area contributed by atoms with E-state index in [2.05, 4.69) is 5.32 Å². The van der Waals surface area contributed by atoms with Crippen molar-refractivity contribution in [3.63, 3.8) is 0 Å². The number of benzene rings is 2. The van der Waals surface area contributed by atoms with Gasteiger partial charge in [-0.3, -0.25) is 4.79 Å². The van der Waals surface area contributed by atoms with Gasteiger partial charge in [-0.15, -0.1) is 0 Å². The van der Waals surface area contributed by atoms with Crippen molar-refractivity contribution in [3.8, 4) is 17.6 Å². The van der Waals surface area contributed by atoms with Crippen LogP contribution < -0.4 is 14.8 Å². The van der Waals surface area contributed by atoms with Gasteiger partial charge in [-0.05, 0) is 61.0 Å². The Morgan fingerprint density at radius 2 is 1.96 bits per heavy atom. The third-order valence-corrected chi connectivity index (χ3v) is 3.45. The fourth-order valence-corrected chi connectivity index (χ4v) is 2.33. The molecular weight excluding hydrogens is 340 g/mol. The van der Waals surface area contributed by atoms with E-state index in [0.717, 1.165) is 0 Å². The summed E-state index contributed by atoms with van der Waals surface area (Å²) in [7, 11) is 1.52. The van der Waals surface area contributed by atoms with Crippen LogP contribution in [0.3, 0.4) is 0 Å². The van der Waals surface area contributed by atoms with Crippen LogP contribution in [0.25, 0.3) is 6.08 Å². The van der Waals surface area contributed by atoms with Crippen molar-refractivity contribution in [2.45, 2.75) is 6.92 Å². The number of hydrogen-bond donors (Lipinski definition) is 1. The molecule has 5 nitrogen and oxygen atoms in total. The fraction of sp³-hybridized carbons (Fsp3) is 0.158. The first-order valence-electron chi connectivity index (χ1n) is 7.56. The van der Waals surface area contributed by atoms with E-state index in [1.165, 1.54) is 13.2 Å². The number of hydrogen-bond acceptors (Lipinski definition) is 4. The van der Waals surface area contributed by atoms with Crippen LogP contribution in [0.5, 0.6) is 11.5 Å². The van der Waals surface area contributed by atoms with Crippen LogP contribution in [-0.2, 0) is 4.79 Å². The minimum absolute atomic E-state index is 0.0433. The zero-order valence-electron chi connectivity index (χ0n) is 13.9. The summed E-state index contributed by atoms with van der Waals surface area (Å²) >= 11 is 6.00. The maximum atomic E-state index is 12.3. The molecule has 0 aliphatic rings. The number of amides is 1. The third kappa shape index (κ3) is 5.27. The molecule has 0 spiro atoms. The standard InChI is InChI=1S/C19H17ClN2O3/c1-3-25-17-6-4-16(5-7-17)22-19(23)14(12-21)8-13-9-15(20)11-18(10-13)24-2/h4-11H,3H2,1-2H3,(H,22,23)/b14-8+. The second-order valence-electron chi connectivity index (χ2n) is 5.01. The molecule has 0 saturated heterocycles. The maximum Gasteiger partial charge on any atom is 0.266 e. The highest BCUT2D eigenvalue weighted by Gasteiger charge is 2.10. The van der Waals surface area contributed by atoms with Crippen LogP contribution in [0, 0.1) is 11.3 Å². The van der Waals surface area contributed by atoms with Gasteiger partial charge in [0, 0.05) is 10.7 Å². The van der Waals surface area contributed by atoms with Crippen LogP contribution >= 0.6 is 11.6 Å². The first kappa shape index (κ1) is 18.4. The van der Waals surface area contributed by atoms with Gasteiger partial charge in [0.15, 0.2) is 0 Å². The second-order valence-corrected chi connectivity index (χ2v) is 5.44. The Bertz CT molecular complexity index is 824. The fourth-order valence-electron chi connectivity index (χ4n) is 2.10. The van der Waals surface area contributed by atoms with Crippen molar-refractivity contribution in [2.75, 3.05) is 19.0 Å². The smallest absolute Gasteiger partial charge is 0.266 e. The Labute approximate surface area is 151 Å². The van der Waals surface area contributed by atoms with Crippen LogP contribution in [0.2, 0.25) is 5.02 Å². The number of halogens is 1. The molecule has 0 bridgehead atoms. The van der Waals surface area contributed by atoms with E-state index in [1.54, 1.807) is 42.5 Å². The Morgan fingerprint density at radius 3 is 2.56 bits per heavy atom. The van der Waals surface area contributed by atoms with E-state index < -0.39 is 5.91 Å². The summed E-state index contributed by atoms with van der Waals surface area (Å²) in [6, 6.07) is 13.8. The van der Waals surface area contributed by atoms with E-state index in [4.69, 9.17) is 21.1 Å². The Balaban J connectivity index is 2.18. The molecule has 0 atom stereocenters. The lowest BCUT2D eigenvalue weighted by atomic mass is 10.1. The predicted molar refractivity (Wildman–Crippen MR) is 97.8 cm³/mol. The summed E-state index contributed by atoms with van der Waals surface area (Å²) in [5.41, 5.74) is 1.12. The molecule has 2 aromatic rings. The minimum Gasteiger partial charge on any atom is -0.497 e. The van der Waals surface area contributed by atoms with Gasteiger partial charge in [-0.2, -0.15) is 5.26 Å². The number of methoxy groups -OCH3 is 1. The molecular formula is C19H17ClN2O3. The molecule has 0 heterocycles. The topological polar surface area (TPSA) is 71.3 Å². The highest BCUT2D eigenvalue weighted by molar-refractivity contribution is 6.30. The lowest BCUT2D eigenvalue weighted by molar-refractivity contribution is -0.112. The molecule has 1 amide bonds. The molecule has 0 unspecified atom stereocenters. The summed E-state index contributed by atoms with van der Waals surface area (Å²) in [5, 5.41) is 12.4. The van der Waals surface area contributed by atoms with Crippen LogP contribution in [0.4, 0.5) is 5.69 Å². The van der Waals surface area contributed by atoms with Crippen molar-refractivity contribution >= 4 is 29.3 Å². The lowest BCUT2D eigenvalue weighted by Crippen LogP contribution is -2.13. The van der Waals surface area contributed by atoms with Crippen LogP contribution in [0.15, 0.2) is 48.0 Å². The molecule has 0 saturated carbocycles. The number of anilines is 1. The van der Waals surface area contributed by atoms with Crippen LogP contribution in [-0.4, -0.2) is 19.6 Å². The first-order valence-corrected chi connectivity index (χ1v) is 7.94. The number of rotatable bonds is 6. The van der Waals surface area contributed by atoms with Gasteiger partial charge < -0.3 is 14.8 Å². The predicted octanol–water partition coefficient (Wildman–Crippen LogP) is 4.29. The number of nitrogens with one attached hydrogen (secondary N) is 1. The number of nitrogens with zero attached hydrogens (tertiary/aromatic N) is 1. The highest BCUT2D eigenvalue weighted by atomic mass is 35.5. The molecule has 6 heteroatoms. The molecule has 2 aromatic carbocycles. The monoisotopic (exact) mass is 356 g/mol. The summed E-state index contributed by atoms with van der Waals surface area (Å²) in [6.45, 7) is 2.46. The van der Waals surface area contributed by atoms with E-state index in [-0.39, 0.29) is 5.57 Å². The van der Waals surface area contributed by atoms with E-state index in [9.17, 15) is 10.1 Å². The average molecular weight is 357 g/mol. The summed E-state index contributed by atoms with van der Waals surface area (Å²) in [6.07, 6.45) is 1.46. The largest absolute Gasteiger partial charge is 0.497 e. The van der Waals surface area contributed by atoms with Crippen molar-refractivity contribution in [1.82, 2.24) is 0 Å². The molecule has 0 fully saturated rings. The molecule has 25 heavy (non-hydrogen) atoms. The molecule has 0 aliphatic heterocycles. The molecule has 128 valence electrons. The quantitative estimate of drug-likeness (QED) is 0.619. The molecule has 0 aromatic heterocycles. The maximum absolute atomic E-state index is 12.3. The van der Waals surface area contributed by atoms with Crippen LogP contribution in [0.1, 0.15) is 12.5 Å². The number of nitriles is 1. The zero-order valence-corrected chi connectivity index (χ0v) is 14.6. The Morgan fingerprint density at radius 1 is 1.24 bits per heavy atom. The molecule has 1 N–H and O–H groups in total. The molecule has 0 radical (unpaired) electrons. The van der Waals surface area contributed by atoms with Crippen molar-refractivity contribution in [3.05, 3.63) is 58.6 Å². The summed E-state index contributed by atoms with van der Waals surface area (Å²) in [4.78, 5) is 12.3. The van der Waals surface area contributed by atoms with Gasteiger partial charge in [0.25, 0.3) is 5.91 Å². The summed E-state index contributed by atoms with van der Waals surface area (Å²) in [5.74, 6) is 0.746. The number of ether oxygens (including phenoxy) is 2.